The van der Waals surface area contributed by atoms with E-state index in [2.05, 4.69) is 11.4 Å². The summed E-state index contributed by atoms with van der Waals surface area (Å²) in [6.45, 7) is 0. The van der Waals surface area contributed by atoms with Crippen LogP contribution in [0.5, 0.6) is 0 Å². The SMILES string of the molecule is COC(=O)c1ccc(C2Nc3c(Cl)ccc([N+](=O)[O-])c3C3C=CCC32)cc1. The van der Waals surface area contributed by atoms with Crippen molar-refractivity contribution in [1.82, 2.24) is 0 Å². The van der Waals surface area contributed by atoms with Crippen LogP contribution in [0.1, 0.15) is 39.9 Å². The number of fused-ring (bicyclic) bond motifs is 3. The number of nitrogens with one attached hydrogen (secondary N) is 1. The van der Waals surface area contributed by atoms with Crippen LogP contribution < -0.4 is 5.32 Å². The number of halogens is 1. The molecule has 1 heterocycles. The summed E-state index contributed by atoms with van der Waals surface area (Å²) in [6.07, 6.45) is 4.90. The van der Waals surface area contributed by atoms with Crippen LogP contribution in [0.4, 0.5) is 11.4 Å². The zero-order valence-corrected chi connectivity index (χ0v) is 15.3. The average molecular weight is 385 g/mol. The molecule has 2 aromatic rings. The summed E-state index contributed by atoms with van der Waals surface area (Å²) in [5.74, 6) is -0.327. The molecular weight excluding hydrogens is 368 g/mol. The summed E-state index contributed by atoms with van der Waals surface area (Å²) in [7, 11) is 1.35. The number of hydrogen-bond donors (Lipinski definition) is 1. The molecule has 0 bridgehead atoms. The van der Waals surface area contributed by atoms with E-state index in [0.29, 0.717) is 21.8 Å². The molecule has 4 rings (SSSR count). The van der Waals surface area contributed by atoms with Gasteiger partial charge in [-0.3, -0.25) is 10.1 Å². The molecule has 0 fully saturated rings. The monoisotopic (exact) mass is 384 g/mol. The summed E-state index contributed by atoms with van der Waals surface area (Å²) in [5, 5.41) is 15.4. The van der Waals surface area contributed by atoms with Crippen molar-refractivity contribution >= 4 is 28.9 Å². The van der Waals surface area contributed by atoms with Crippen LogP contribution in [0, 0.1) is 16.0 Å². The second kappa shape index (κ2) is 6.70. The first kappa shape index (κ1) is 17.5. The number of methoxy groups -OCH3 is 1. The largest absolute Gasteiger partial charge is 0.465 e. The van der Waals surface area contributed by atoms with Gasteiger partial charge in [-0.15, -0.1) is 0 Å². The first-order valence-electron chi connectivity index (χ1n) is 8.59. The molecule has 0 saturated carbocycles. The number of rotatable bonds is 3. The molecule has 0 saturated heterocycles. The van der Waals surface area contributed by atoms with Gasteiger partial charge in [0.05, 0.1) is 39.9 Å². The fourth-order valence-electron chi connectivity index (χ4n) is 4.09. The number of carbonyl (C=O) groups excluding carboxylic acids is 1. The van der Waals surface area contributed by atoms with Gasteiger partial charge in [-0.2, -0.15) is 0 Å². The van der Waals surface area contributed by atoms with E-state index in [1.807, 2.05) is 18.2 Å². The van der Waals surface area contributed by atoms with Crippen molar-refractivity contribution in [2.24, 2.45) is 5.92 Å². The Bertz CT molecular complexity index is 955. The first-order valence-corrected chi connectivity index (χ1v) is 8.97. The van der Waals surface area contributed by atoms with Crippen LogP contribution in [0.3, 0.4) is 0 Å². The van der Waals surface area contributed by atoms with Gasteiger partial charge in [0.1, 0.15) is 0 Å². The zero-order chi connectivity index (χ0) is 19.1. The molecule has 0 radical (unpaired) electrons. The highest BCUT2D eigenvalue weighted by atomic mass is 35.5. The van der Waals surface area contributed by atoms with E-state index >= 15 is 0 Å². The number of allylic oxidation sites excluding steroid dienone is 2. The first-order chi connectivity index (χ1) is 13.0. The van der Waals surface area contributed by atoms with Gasteiger partial charge in [-0.1, -0.05) is 35.9 Å². The predicted molar refractivity (Wildman–Crippen MR) is 102 cm³/mol. The number of nitro benzene ring substituents is 1. The highest BCUT2D eigenvalue weighted by Gasteiger charge is 2.42. The topological polar surface area (TPSA) is 81.5 Å². The van der Waals surface area contributed by atoms with Crippen molar-refractivity contribution in [2.75, 3.05) is 12.4 Å². The van der Waals surface area contributed by atoms with Gasteiger partial charge >= 0.3 is 5.97 Å². The number of nitro groups is 1. The van der Waals surface area contributed by atoms with Gasteiger partial charge in [-0.05, 0) is 36.1 Å². The lowest BCUT2D eigenvalue weighted by molar-refractivity contribution is -0.385. The number of hydrogen-bond acceptors (Lipinski definition) is 5. The summed E-state index contributed by atoms with van der Waals surface area (Å²) in [5.41, 5.74) is 2.82. The lowest BCUT2D eigenvalue weighted by Gasteiger charge is -2.37. The van der Waals surface area contributed by atoms with Crippen molar-refractivity contribution in [3.05, 3.63) is 80.4 Å². The Kier molecular flexibility index (Phi) is 4.36. The van der Waals surface area contributed by atoms with E-state index in [9.17, 15) is 14.9 Å². The Morgan fingerprint density at radius 1 is 1.26 bits per heavy atom. The lowest BCUT2D eigenvalue weighted by atomic mass is 9.76. The Morgan fingerprint density at radius 3 is 2.67 bits per heavy atom. The highest BCUT2D eigenvalue weighted by Crippen LogP contribution is 2.54. The number of ether oxygens (including phenoxy) is 1. The third-order valence-corrected chi connectivity index (χ3v) is 5.65. The van der Waals surface area contributed by atoms with Crippen LogP contribution in [0.2, 0.25) is 5.02 Å². The second-order valence-corrected chi connectivity index (χ2v) is 7.11. The normalized spacial score (nSPS) is 22.5. The standard InChI is InChI=1S/C20H17ClN2O4/c1-27-20(24)12-7-5-11(6-8-12)18-14-4-2-3-13(14)17-16(23(25)26)10-9-15(21)19(17)22-18/h2-3,5-10,13-14,18,22H,4H2,1H3. The van der Waals surface area contributed by atoms with Crippen molar-refractivity contribution in [1.29, 1.82) is 0 Å². The molecular formula is C20H17ClN2O4. The average Bonchev–Trinajstić information content (AvgIpc) is 3.17. The molecule has 0 spiro atoms. The number of anilines is 1. The van der Waals surface area contributed by atoms with Gasteiger partial charge in [0.2, 0.25) is 0 Å². The maximum absolute atomic E-state index is 11.7. The van der Waals surface area contributed by atoms with E-state index in [4.69, 9.17) is 16.3 Å². The molecule has 3 atom stereocenters. The van der Waals surface area contributed by atoms with E-state index in [-0.39, 0.29) is 34.5 Å². The number of carbonyl (C=O) groups is 1. The third-order valence-electron chi connectivity index (χ3n) is 5.33. The van der Waals surface area contributed by atoms with Crippen LogP contribution in [0.15, 0.2) is 48.6 Å². The molecule has 0 amide bonds. The van der Waals surface area contributed by atoms with E-state index in [1.165, 1.54) is 13.2 Å². The predicted octanol–water partition coefficient (Wildman–Crippen LogP) is 4.86. The van der Waals surface area contributed by atoms with Crippen molar-refractivity contribution < 1.29 is 14.5 Å². The van der Waals surface area contributed by atoms with E-state index in [1.54, 1.807) is 18.2 Å². The quantitative estimate of drug-likeness (QED) is 0.353. The smallest absolute Gasteiger partial charge is 0.337 e. The fraction of sp³-hybridized carbons (Fsp3) is 0.250. The minimum atomic E-state index is -0.387. The van der Waals surface area contributed by atoms with Crippen LogP contribution in [-0.4, -0.2) is 18.0 Å². The third kappa shape index (κ3) is 2.86. The molecule has 2 aliphatic rings. The highest BCUT2D eigenvalue weighted by molar-refractivity contribution is 6.33. The molecule has 1 N–H and O–H groups in total. The maximum atomic E-state index is 11.7. The van der Waals surface area contributed by atoms with Gasteiger partial charge in [0.25, 0.3) is 5.69 Å². The molecule has 7 heteroatoms. The van der Waals surface area contributed by atoms with Crippen molar-refractivity contribution in [3.8, 4) is 0 Å². The van der Waals surface area contributed by atoms with Gasteiger partial charge < -0.3 is 10.1 Å². The van der Waals surface area contributed by atoms with E-state index in [0.717, 1.165) is 12.0 Å². The van der Waals surface area contributed by atoms with Gasteiger partial charge in [0.15, 0.2) is 0 Å². The Hall–Kier alpha value is -2.86. The zero-order valence-electron chi connectivity index (χ0n) is 14.5. The van der Waals surface area contributed by atoms with E-state index < -0.39 is 0 Å². The van der Waals surface area contributed by atoms with Crippen LogP contribution >= 0.6 is 11.6 Å². The number of nitrogens with zero attached hydrogens (tertiary/aromatic N) is 1. The van der Waals surface area contributed by atoms with Crippen LogP contribution in [-0.2, 0) is 4.74 Å². The number of benzene rings is 2. The van der Waals surface area contributed by atoms with Crippen LogP contribution in [0.25, 0.3) is 0 Å². The Labute approximate surface area is 160 Å². The molecule has 2 aromatic carbocycles. The minimum Gasteiger partial charge on any atom is -0.465 e. The molecule has 6 nitrogen and oxygen atoms in total. The summed E-state index contributed by atoms with van der Waals surface area (Å²) < 4.78 is 4.74. The number of esters is 1. The van der Waals surface area contributed by atoms with Crippen molar-refractivity contribution in [3.63, 3.8) is 0 Å². The summed E-state index contributed by atoms with van der Waals surface area (Å²) in [4.78, 5) is 22.8. The molecule has 3 unspecified atom stereocenters. The van der Waals surface area contributed by atoms with Gasteiger partial charge in [-0.25, -0.2) is 4.79 Å². The molecule has 27 heavy (non-hydrogen) atoms. The summed E-state index contributed by atoms with van der Waals surface area (Å²) >= 11 is 6.38. The Morgan fingerprint density at radius 2 is 2.00 bits per heavy atom. The van der Waals surface area contributed by atoms with Gasteiger partial charge in [0, 0.05) is 12.0 Å². The molecule has 138 valence electrons. The maximum Gasteiger partial charge on any atom is 0.337 e. The Balaban J connectivity index is 1.77. The summed E-state index contributed by atoms with van der Waals surface area (Å²) in [6, 6.07) is 10.2. The molecule has 1 aliphatic heterocycles. The minimum absolute atomic E-state index is 0.0660. The second-order valence-electron chi connectivity index (χ2n) is 6.70. The fourth-order valence-corrected chi connectivity index (χ4v) is 4.31. The van der Waals surface area contributed by atoms with Crippen molar-refractivity contribution in [2.45, 2.75) is 18.4 Å². The molecule has 1 aliphatic carbocycles. The lowest BCUT2D eigenvalue weighted by Crippen LogP contribution is -2.30. The molecule has 0 aromatic heterocycles.